The molecule has 0 bridgehead atoms. The van der Waals surface area contributed by atoms with E-state index in [9.17, 15) is 4.79 Å². The van der Waals surface area contributed by atoms with Gasteiger partial charge in [0.05, 0.1) is 12.2 Å². The minimum absolute atomic E-state index is 0.0622. The summed E-state index contributed by atoms with van der Waals surface area (Å²) in [6, 6.07) is 0.538. The van der Waals surface area contributed by atoms with E-state index < -0.39 is 0 Å². The molecule has 0 saturated carbocycles. The van der Waals surface area contributed by atoms with Crippen molar-refractivity contribution in [1.82, 2.24) is 10.2 Å². The van der Waals surface area contributed by atoms with Crippen LogP contribution >= 0.6 is 11.8 Å². The second kappa shape index (κ2) is 6.29. The number of amides is 1. The first-order valence-corrected chi connectivity index (χ1v) is 8.45. The van der Waals surface area contributed by atoms with Crippen molar-refractivity contribution in [2.75, 3.05) is 11.5 Å². The predicted octanol–water partition coefficient (Wildman–Crippen LogP) is 2.46. The zero-order valence-electron chi connectivity index (χ0n) is 11.8. The number of hydrogen-bond acceptors (Lipinski definition) is 3. The molecular weight excluding hydrogens is 244 g/mol. The molecule has 2 aliphatic rings. The van der Waals surface area contributed by atoms with Gasteiger partial charge in [-0.25, -0.2) is 0 Å². The molecule has 104 valence electrons. The van der Waals surface area contributed by atoms with Gasteiger partial charge in [-0.15, -0.1) is 0 Å². The minimum Gasteiger partial charge on any atom is -0.322 e. The van der Waals surface area contributed by atoms with Crippen molar-refractivity contribution in [3.63, 3.8) is 0 Å². The first-order chi connectivity index (χ1) is 8.63. The van der Waals surface area contributed by atoms with Crippen LogP contribution in [0.25, 0.3) is 0 Å². The fourth-order valence-corrected chi connectivity index (χ4v) is 4.23. The summed E-state index contributed by atoms with van der Waals surface area (Å²) in [6.07, 6.45) is 4.65. The van der Waals surface area contributed by atoms with E-state index in [1.54, 1.807) is 0 Å². The number of nitrogens with one attached hydrogen (secondary N) is 1. The van der Waals surface area contributed by atoms with Crippen molar-refractivity contribution in [2.24, 2.45) is 5.92 Å². The van der Waals surface area contributed by atoms with Crippen LogP contribution in [0.2, 0.25) is 0 Å². The van der Waals surface area contributed by atoms with Gasteiger partial charge in [-0.1, -0.05) is 27.2 Å². The quantitative estimate of drug-likeness (QED) is 0.833. The Bertz CT molecular complexity index is 290. The Morgan fingerprint density at radius 2 is 2.28 bits per heavy atom. The van der Waals surface area contributed by atoms with Crippen molar-refractivity contribution in [2.45, 2.75) is 64.7 Å². The Labute approximate surface area is 115 Å². The van der Waals surface area contributed by atoms with Gasteiger partial charge in [-0.2, -0.15) is 11.8 Å². The molecule has 2 aliphatic heterocycles. The SMILES string of the molecule is CCCC1NC(CC(C)C)C(=O)N1C1CCSC1. The number of nitrogens with zero attached hydrogens (tertiary/aromatic N) is 1. The second-order valence-corrected chi connectivity index (χ2v) is 7.07. The zero-order valence-corrected chi connectivity index (χ0v) is 12.6. The molecule has 2 rings (SSSR count). The summed E-state index contributed by atoms with van der Waals surface area (Å²) in [5, 5.41) is 3.57. The zero-order chi connectivity index (χ0) is 13.1. The van der Waals surface area contributed by atoms with E-state index in [1.165, 1.54) is 12.2 Å². The van der Waals surface area contributed by atoms with E-state index in [-0.39, 0.29) is 12.2 Å². The maximum absolute atomic E-state index is 12.6. The highest BCUT2D eigenvalue weighted by Crippen LogP contribution is 2.29. The third-order valence-electron chi connectivity index (χ3n) is 3.85. The van der Waals surface area contributed by atoms with Gasteiger partial charge in [-0.05, 0) is 30.9 Å². The Morgan fingerprint density at radius 3 is 2.83 bits per heavy atom. The number of thioether (sulfide) groups is 1. The first kappa shape index (κ1) is 14.2. The Kier molecular flexibility index (Phi) is 4.96. The highest BCUT2D eigenvalue weighted by atomic mass is 32.2. The van der Waals surface area contributed by atoms with E-state index in [1.807, 2.05) is 11.8 Å². The lowest BCUT2D eigenvalue weighted by Gasteiger charge is -2.29. The highest BCUT2D eigenvalue weighted by molar-refractivity contribution is 7.99. The summed E-state index contributed by atoms with van der Waals surface area (Å²) in [7, 11) is 0. The van der Waals surface area contributed by atoms with Gasteiger partial charge in [0.25, 0.3) is 0 Å². The van der Waals surface area contributed by atoms with E-state index in [0.717, 1.165) is 25.0 Å². The van der Waals surface area contributed by atoms with Crippen LogP contribution in [-0.2, 0) is 4.79 Å². The number of rotatable bonds is 5. The molecule has 0 radical (unpaired) electrons. The largest absolute Gasteiger partial charge is 0.322 e. The van der Waals surface area contributed by atoms with Crippen LogP contribution in [0.4, 0.5) is 0 Å². The van der Waals surface area contributed by atoms with E-state index >= 15 is 0 Å². The van der Waals surface area contributed by atoms with E-state index in [4.69, 9.17) is 0 Å². The predicted molar refractivity (Wildman–Crippen MR) is 77.7 cm³/mol. The van der Waals surface area contributed by atoms with Crippen LogP contribution in [0.1, 0.15) is 46.5 Å². The minimum atomic E-state index is 0.0622. The van der Waals surface area contributed by atoms with Crippen LogP contribution < -0.4 is 5.32 Å². The summed E-state index contributed by atoms with van der Waals surface area (Å²) >= 11 is 1.98. The summed E-state index contributed by atoms with van der Waals surface area (Å²) in [4.78, 5) is 14.7. The molecule has 0 aliphatic carbocycles. The molecular formula is C14H26N2OS. The van der Waals surface area contributed by atoms with Crippen LogP contribution in [-0.4, -0.2) is 40.6 Å². The number of hydrogen-bond donors (Lipinski definition) is 1. The van der Waals surface area contributed by atoms with Gasteiger partial charge in [-0.3, -0.25) is 10.1 Å². The molecule has 3 nitrogen and oxygen atoms in total. The van der Waals surface area contributed by atoms with Crippen molar-refractivity contribution < 1.29 is 4.79 Å². The molecule has 18 heavy (non-hydrogen) atoms. The Balaban J connectivity index is 2.05. The van der Waals surface area contributed by atoms with Crippen molar-refractivity contribution >= 4 is 17.7 Å². The summed E-state index contributed by atoms with van der Waals surface area (Å²) < 4.78 is 0. The average molecular weight is 270 g/mol. The van der Waals surface area contributed by atoms with Crippen molar-refractivity contribution in [3.8, 4) is 0 Å². The molecule has 1 N–H and O–H groups in total. The Hall–Kier alpha value is -0.220. The molecule has 1 amide bonds. The second-order valence-electron chi connectivity index (χ2n) is 5.92. The maximum Gasteiger partial charge on any atom is 0.241 e. The lowest BCUT2D eigenvalue weighted by Crippen LogP contribution is -2.44. The van der Waals surface area contributed by atoms with Crippen molar-refractivity contribution in [3.05, 3.63) is 0 Å². The third-order valence-corrected chi connectivity index (χ3v) is 5.00. The highest BCUT2D eigenvalue weighted by Gasteiger charge is 2.42. The van der Waals surface area contributed by atoms with Gasteiger partial charge in [0.1, 0.15) is 0 Å². The molecule has 3 atom stereocenters. The van der Waals surface area contributed by atoms with Crippen LogP contribution in [0, 0.1) is 5.92 Å². The molecule has 3 unspecified atom stereocenters. The van der Waals surface area contributed by atoms with Crippen LogP contribution in [0.5, 0.6) is 0 Å². The Morgan fingerprint density at radius 1 is 1.50 bits per heavy atom. The summed E-state index contributed by atoms with van der Waals surface area (Å²) in [5.41, 5.74) is 0. The van der Waals surface area contributed by atoms with Gasteiger partial charge < -0.3 is 4.90 Å². The molecule has 2 heterocycles. The van der Waals surface area contributed by atoms with Gasteiger partial charge >= 0.3 is 0 Å². The average Bonchev–Trinajstić information content (AvgIpc) is 2.89. The van der Waals surface area contributed by atoms with Gasteiger partial charge in [0.15, 0.2) is 0 Å². The maximum atomic E-state index is 12.6. The summed E-state index contributed by atoms with van der Waals surface area (Å²) in [6.45, 7) is 6.58. The lowest BCUT2D eigenvalue weighted by molar-refractivity contribution is -0.132. The van der Waals surface area contributed by atoms with Gasteiger partial charge in [0.2, 0.25) is 5.91 Å². The van der Waals surface area contributed by atoms with Gasteiger partial charge in [0, 0.05) is 11.8 Å². The molecule has 0 spiro atoms. The normalized spacial score (nSPS) is 32.8. The fourth-order valence-electron chi connectivity index (χ4n) is 3.03. The first-order valence-electron chi connectivity index (χ1n) is 7.29. The standard InChI is InChI=1S/C14H26N2OS/c1-4-5-13-15-12(8-10(2)3)14(17)16(13)11-6-7-18-9-11/h10-13,15H,4-9H2,1-3H3. The number of carbonyl (C=O) groups excluding carboxylic acids is 1. The molecule has 2 fully saturated rings. The lowest BCUT2D eigenvalue weighted by atomic mass is 10.0. The smallest absolute Gasteiger partial charge is 0.241 e. The van der Waals surface area contributed by atoms with Crippen LogP contribution in [0.15, 0.2) is 0 Å². The van der Waals surface area contributed by atoms with Crippen LogP contribution in [0.3, 0.4) is 0 Å². The fraction of sp³-hybridized carbons (Fsp3) is 0.929. The third kappa shape index (κ3) is 3.02. The summed E-state index contributed by atoms with van der Waals surface area (Å²) in [5.74, 6) is 3.27. The molecule has 0 aromatic carbocycles. The molecule has 0 aromatic heterocycles. The van der Waals surface area contributed by atoms with E-state index in [0.29, 0.717) is 17.9 Å². The number of carbonyl (C=O) groups is 1. The van der Waals surface area contributed by atoms with Crippen molar-refractivity contribution in [1.29, 1.82) is 0 Å². The monoisotopic (exact) mass is 270 g/mol. The molecule has 2 saturated heterocycles. The van der Waals surface area contributed by atoms with E-state index in [2.05, 4.69) is 31.0 Å². The molecule has 0 aromatic rings. The molecule has 4 heteroatoms. The topological polar surface area (TPSA) is 32.3 Å².